The van der Waals surface area contributed by atoms with E-state index in [0.717, 1.165) is 11.1 Å². The van der Waals surface area contributed by atoms with Crippen molar-refractivity contribution in [3.63, 3.8) is 0 Å². The van der Waals surface area contributed by atoms with E-state index in [1.165, 1.54) is 73.6 Å². The fourth-order valence-electron chi connectivity index (χ4n) is 8.11. The third-order valence-corrected chi connectivity index (χ3v) is 10.0. The molecule has 37 heavy (non-hydrogen) atoms. The van der Waals surface area contributed by atoms with Crippen LogP contribution < -0.4 is 0 Å². The molecule has 4 atom stereocenters. The highest BCUT2D eigenvalue weighted by Crippen LogP contribution is 2.60. The summed E-state index contributed by atoms with van der Waals surface area (Å²) in [6.45, 7) is 3.95. The zero-order valence-electron chi connectivity index (χ0n) is 22.2. The molecule has 3 N–H and O–H groups in total. The van der Waals surface area contributed by atoms with Gasteiger partial charge in [0.2, 0.25) is 0 Å². The predicted molar refractivity (Wildman–Crippen MR) is 149 cm³/mol. The van der Waals surface area contributed by atoms with Gasteiger partial charge in [0, 0.05) is 5.92 Å². The van der Waals surface area contributed by atoms with Gasteiger partial charge in [-0.15, -0.1) is 0 Å². The number of hydrogen-bond donors (Lipinski definition) is 3. The SMILES string of the molecule is Cc1cc(C(c2ccc(O)c(C)c2)C2CC3CC2CC3c2ccc(O)c(C3CCCCC3)c2)ccc1O. The van der Waals surface area contributed by atoms with Crippen molar-refractivity contribution in [3.8, 4) is 17.2 Å². The number of phenols is 3. The van der Waals surface area contributed by atoms with Crippen LogP contribution in [0.5, 0.6) is 17.2 Å². The molecule has 0 saturated heterocycles. The van der Waals surface area contributed by atoms with Gasteiger partial charge in [0.15, 0.2) is 0 Å². The molecule has 2 bridgehead atoms. The van der Waals surface area contributed by atoms with Crippen LogP contribution in [0.25, 0.3) is 0 Å². The molecule has 0 aliphatic heterocycles. The number of aryl methyl sites for hydroxylation is 2. The van der Waals surface area contributed by atoms with Crippen molar-refractivity contribution >= 4 is 0 Å². The summed E-state index contributed by atoms with van der Waals surface area (Å²) in [7, 11) is 0. The molecular weight excluding hydrogens is 456 g/mol. The molecule has 4 unspecified atom stereocenters. The second-order valence-corrected chi connectivity index (χ2v) is 12.2. The Morgan fingerprint density at radius 3 is 1.84 bits per heavy atom. The Kier molecular flexibility index (Phi) is 6.42. The minimum Gasteiger partial charge on any atom is -0.508 e. The lowest BCUT2D eigenvalue weighted by Gasteiger charge is -2.35. The first-order chi connectivity index (χ1) is 17.9. The lowest BCUT2D eigenvalue weighted by molar-refractivity contribution is 0.279. The first-order valence-electron chi connectivity index (χ1n) is 14.3. The number of benzene rings is 3. The van der Waals surface area contributed by atoms with Crippen molar-refractivity contribution in [2.45, 2.75) is 83.0 Å². The van der Waals surface area contributed by atoms with Crippen LogP contribution in [0.3, 0.4) is 0 Å². The largest absolute Gasteiger partial charge is 0.508 e. The standard InChI is InChI=1S/C34H40O3/c1-20-14-24(9-11-31(20)35)34(25-10-12-32(36)21(2)15-25)30-19-26-16-27(30)18-28(26)23-8-13-33(37)29(17-23)22-6-4-3-5-7-22/h8-15,17,22,26-28,30,34-37H,3-7,16,18-19H2,1-2H3. The fourth-order valence-corrected chi connectivity index (χ4v) is 8.11. The summed E-state index contributed by atoms with van der Waals surface area (Å²) in [5.41, 5.74) is 6.98. The van der Waals surface area contributed by atoms with Gasteiger partial charge in [-0.05, 0) is 127 Å². The second kappa shape index (κ2) is 9.74. The number of hydrogen-bond acceptors (Lipinski definition) is 3. The molecule has 3 aromatic rings. The Morgan fingerprint density at radius 2 is 1.27 bits per heavy atom. The van der Waals surface area contributed by atoms with E-state index in [2.05, 4.69) is 36.4 Å². The van der Waals surface area contributed by atoms with Gasteiger partial charge in [-0.1, -0.05) is 55.7 Å². The quantitative estimate of drug-likeness (QED) is 0.332. The number of fused-ring (bicyclic) bond motifs is 2. The van der Waals surface area contributed by atoms with Crippen molar-refractivity contribution in [1.82, 2.24) is 0 Å². The molecule has 3 aliphatic carbocycles. The smallest absolute Gasteiger partial charge is 0.119 e. The van der Waals surface area contributed by atoms with Crippen molar-refractivity contribution < 1.29 is 15.3 Å². The van der Waals surface area contributed by atoms with Crippen molar-refractivity contribution in [1.29, 1.82) is 0 Å². The Morgan fingerprint density at radius 1 is 0.649 bits per heavy atom. The predicted octanol–water partition coefficient (Wildman–Crippen LogP) is 8.43. The average Bonchev–Trinajstić information content (AvgIpc) is 3.50. The van der Waals surface area contributed by atoms with Gasteiger partial charge in [-0.3, -0.25) is 0 Å². The summed E-state index contributed by atoms with van der Waals surface area (Å²) in [6.07, 6.45) is 9.95. The minimum absolute atomic E-state index is 0.257. The molecular formula is C34H40O3. The van der Waals surface area contributed by atoms with Crippen LogP contribution in [-0.2, 0) is 0 Å². The molecule has 0 heterocycles. The summed E-state index contributed by atoms with van der Waals surface area (Å²) >= 11 is 0. The summed E-state index contributed by atoms with van der Waals surface area (Å²) < 4.78 is 0. The number of phenolic OH excluding ortho intramolecular Hbond substituents is 3. The molecule has 3 aromatic carbocycles. The highest BCUT2D eigenvalue weighted by Gasteiger charge is 2.49. The van der Waals surface area contributed by atoms with E-state index >= 15 is 0 Å². The monoisotopic (exact) mass is 496 g/mol. The lowest BCUT2D eigenvalue weighted by atomic mass is 9.69. The zero-order chi connectivity index (χ0) is 25.7. The molecule has 0 amide bonds. The molecule has 0 aromatic heterocycles. The van der Waals surface area contributed by atoms with Crippen LogP contribution in [0.1, 0.15) is 103 Å². The summed E-state index contributed by atoms with van der Waals surface area (Å²) in [5.74, 6) is 4.39. The van der Waals surface area contributed by atoms with Gasteiger partial charge in [0.1, 0.15) is 17.2 Å². The molecule has 3 nitrogen and oxygen atoms in total. The number of aromatic hydroxyl groups is 3. The maximum atomic E-state index is 10.7. The van der Waals surface area contributed by atoms with Gasteiger partial charge >= 0.3 is 0 Å². The Hall–Kier alpha value is -2.94. The first-order valence-corrected chi connectivity index (χ1v) is 14.3. The van der Waals surface area contributed by atoms with Crippen molar-refractivity contribution in [3.05, 3.63) is 88.0 Å². The van der Waals surface area contributed by atoms with Gasteiger partial charge in [-0.2, -0.15) is 0 Å². The molecule has 3 fully saturated rings. The van der Waals surface area contributed by atoms with Crippen LogP contribution in [0.4, 0.5) is 0 Å². The van der Waals surface area contributed by atoms with Crippen LogP contribution >= 0.6 is 0 Å². The highest BCUT2D eigenvalue weighted by molar-refractivity contribution is 5.45. The van der Waals surface area contributed by atoms with Crippen molar-refractivity contribution in [2.24, 2.45) is 17.8 Å². The van der Waals surface area contributed by atoms with Crippen LogP contribution in [-0.4, -0.2) is 15.3 Å². The van der Waals surface area contributed by atoms with E-state index in [-0.39, 0.29) is 5.92 Å². The normalized spacial score (nSPS) is 25.7. The topological polar surface area (TPSA) is 60.7 Å². The summed E-state index contributed by atoms with van der Waals surface area (Å²) in [6, 6.07) is 18.7. The van der Waals surface area contributed by atoms with E-state index in [0.29, 0.717) is 46.8 Å². The third-order valence-electron chi connectivity index (χ3n) is 10.0. The number of rotatable bonds is 5. The van der Waals surface area contributed by atoms with Crippen LogP contribution in [0.2, 0.25) is 0 Å². The minimum atomic E-state index is 0.257. The molecule has 3 heteroatoms. The maximum absolute atomic E-state index is 10.7. The molecule has 0 spiro atoms. The van der Waals surface area contributed by atoms with Crippen molar-refractivity contribution in [2.75, 3.05) is 0 Å². The lowest BCUT2D eigenvalue weighted by Crippen LogP contribution is -2.24. The van der Waals surface area contributed by atoms with Gasteiger partial charge in [-0.25, -0.2) is 0 Å². The Bertz CT molecular complexity index is 1240. The molecule has 6 rings (SSSR count). The highest BCUT2D eigenvalue weighted by atomic mass is 16.3. The van der Waals surface area contributed by atoms with E-state index in [9.17, 15) is 15.3 Å². The van der Waals surface area contributed by atoms with E-state index < -0.39 is 0 Å². The van der Waals surface area contributed by atoms with E-state index in [1.807, 2.05) is 32.0 Å². The Balaban J connectivity index is 1.29. The Labute approximate surface area is 221 Å². The molecule has 3 aliphatic rings. The average molecular weight is 497 g/mol. The van der Waals surface area contributed by atoms with Gasteiger partial charge in [0.25, 0.3) is 0 Å². The van der Waals surface area contributed by atoms with Gasteiger partial charge in [0.05, 0.1) is 0 Å². The van der Waals surface area contributed by atoms with Crippen LogP contribution in [0.15, 0.2) is 54.6 Å². The maximum Gasteiger partial charge on any atom is 0.119 e. The molecule has 0 radical (unpaired) electrons. The first kappa shape index (κ1) is 24.4. The van der Waals surface area contributed by atoms with E-state index in [1.54, 1.807) is 0 Å². The molecule has 3 saturated carbocycles. The summed E-state index contributed by atoms with van der Waals surface area (Å²) in [4.78, 5) is 0. The second-order valence-electron chi connectivity index (χ2n) is 12.2. The third kappa shape index (κ3) is 4.51. The summed E-state index contributed by atoms with van der Waals surface area (Å²) in [5, 5.41) is 31.1. The zero-order valence-corrected chi connectivity index (χ0v) is 22.2. The van der Waals surface area contributed by atoms with E-state index in [4.69, 9.17) is 0 Å². The van der Waals surface area contributed by atoms with Gasteiger partial charge < -0.3 is 15.3 Å². The fraction of sp³-hybridized carbons (Fsp3) is 0.471. The molecule has 194 valence electrons. The van der Waals surface area contributed by atoms with Crippen LogP contribution in [0, 0.1) is 31.6 Å².